The van der Waals surface area contributed by atoms with Gasteiger partial charge in [-0.15, -0.1) is 0 Å². The first-order chi connectivity index (χ1) is 5.36. The van der Waals surface area contributed by atoms with E-state index < -0.39 is 0 Å². The Balaban J connectivity index is 1.94. The first kappa shape index (κ1) is 6.79. The number of carbonyl (C=O) groups is 1. The molecule has 1 heterocycles. The molecular weight excluding hydrogens is 162 g/mol. The summed E-state index contributed by atoms with van der Waals surface area (Å²) in [5.41, 5.74) is 0. The number of esters is 1. The predicted octanol–water partition coefficient (Wildman–Crippen LogP) is 1.46. The lowest BCUT2D eigenvalue weighted by Gasteiger charge is -1.95. The number of carbonyl (C=O) groups excluding carboxylic acids is 1. The monoisotopic (exact) mass is 169 g/mol. The van der Waals surface area contributed by atoms with Gasteiger partial charge in [0.15, 0.2) is 0 Å². The number of rotatable bonds is 2. The Morgan fingerprint density at radius 2 is 2.55 bits per heavy atom. The normalized spacial score (nSPS) is 16.4. The van der Waals surface area contributed by atoms with E-state index in [9.17, 15) is 4.79 Å². The average Bonchev–Trinajstić information content (AvgIpc) is 2.73. The molecule has 0 radical (unpaired) electrons. The van der Waals surface area contributed by atoms with Crippen molar-refractivity contribution in [1.29, 1.82) is 0 Å². The summed E-state index contributed by atoms with van der Waals surface area (Å²) in [4.78, 5) is 14.9. The molecule has 0 unspecified atom stereocenters. The molecule has 0 saturated heterocycles. The Labute approximate surface area is 68.0 Å². The number of hydrogen-bond donors (Lipinski definition) is 0. The summed E-state index contributed by atoms with van der Waals surface area (Å²) in [5.74, 6) is 0.0267. The summed E-state index contributed by atoms with van der Waals surface area (Å²) < 4.78 is 4.95. The fourth-order valence-corrected chi connectivity index (χ4v) is 1.24. The van der Waals surface area contributed by atoms with E-state index in [1.165, 1.54) is 11.3 Å². The van der Waals surface area contributed by atoms with Gasteiger partial charge in [-0.25, -0.2) is 4.98 Å². The van der Waals surface area contributed by atoms with Crippen LogP contribution in [0.1, 0.15) is 12.8 Å². The molecule has 2 rings (SSSR count). The van der Waals surface area contributed by atoms with E-state index in [1.54, 1.807) is 11.6 Å². The van der Waals surface area contributed by atoms with Gasteiger partial charge >= 0.3 is 5.97 Å². The maximum absolute atomic E-state index is 11.0. The van der Waals surface area contributed by atoms with Crippen LogP contribution in [-0.4, -0.2) is 11.0 Å². The highest BCUT2D eigenvalue weighted by Crippen LogP contribution is 2.31. The number of nitrogens with zero attached hydrogens (tertiary/aromatic N) is 1. The minimum absolute atomic E-state index is 0.125. The van der Waals surface area contributed by atoms with E-state index >= 15 is 0 Å². The number of aromatic nitrogens is 1. The molecule has 1 aliphatic rings. The van der Waals surface area contributed by atoms with Gasteiger partial charge in [0.25, 0.3) is 5.19 Å². The van der Waals surface area contributed by atoms with Crippen molar-refractivity contribution in [3.63, 3.8) is 0 Å². The van der Waals surface area contributed by atoms with Crippen molar-refractivity contribution in [2.45, 2.75) is 12.8 Å². The van der Waals surface area contributed by atoms with Crippen molar-refractivity contribution >= 4 is 17.3 Å². The van der Waals surface area contributed by atoms with Crippen LogP contribution in [0.15, 0.2) is 11.6 Å². The molecular formula is C7H7NO2S. The Kier molecular flexibility index (Phi) is 1.62. The third-order valence-electron chi connectivity index (χ3n) is 1.51. The highest BCUT2D eigenvalue weighted by molar-refractivity contribution is 7.11. The average molecular weight is 169 g/mol. The molecule has 58 valence electrons. The van der Waals surface area contributed by atoms with Crippen LogP contribution in [0.25, 0.3) is 0 Å². The van der Waals surface area contributed by atoms with Gasteiger partial charge in [0.2, 0.25) is 0 Å². The quantitative estimate of drug-likeness (QED) is 0.629. The molecule has 0 aliphatic heterocycles. The SMILES string of the molecule is O=C(Oc1nccs1)C1CC1. The molecule has 1 aromatic heterocycles. The highest BCUT2D eigenvalue weighted by Gasteiger charge is 2.31. The molecule has 1 aliphatic carbocycles. The van der Waals surface area contributed by atoms with Gasteiger partial charge in [-0.3, -0.25) is 4.79 Å². The second-order valence-electron chi connectivity index (χ2n) is 2.49. The molecule has 1 aromatic rings. The van der Waals surface area contributed by atoms with E-state index in [4.69, 9.17) is 4.74 Å². The first-order valence-electron chi connectivity index (χ1n) is 3.47. The lowest BCUT2D eigenvalue weighted by atomic mass is 10.4. The zero-order valence-corrected chi connectivity index (χ0v) is 6.63. The van der Waals surface area contributed by atoms with Crippen molar-refractivity contribution in [2.24, 2.45) is 5.92 Å². The lowest BCUT2D eigenvalue weighted by Crippen LogP contribution is -2.09. The van der Waals surface area contributed by atoms with Crippen LogP contribution in [-0.2, 0) is 4.79 Å². The standard InChI is InChI=1S/C7H7NO2S/c9-6(5-1-2-5)10-7-8-3-4-11-7/h3-5H,1-2H2. The largest absolute Gasteiger partial charge is 0.398 e. The first-order valence-corrected chi connectivity index (χ1v) is 4.35. The Bertz CT molecular complexity index is 253. The third kappa shape index (κ3) is 1.57. The minimum Gasteiger partial charge on any atom is -0.398 e. The van der Waals surface area contributed by atoms with E-state index in [2.05, 4.69) is 4.98 Å². The van der Waals surface area contributed by atoms with Gasteiger partial charge in [-0.05, 0) is 12.8 Å². The maximum Gasteiger partial charge on any atom is 0.316 e. The molecule has 0 bridgehead atoms. The molecule has 0 aromatic carbocycles. The molecule has 3 nitrogen and oxygen atoms in total. The van der Waals surface area contributed by atoms with Gasteiger partial charge < -0.3 is 4.74 Å². The zero-order chi connectivity index (χ0) is 7.68. The summed E-state index contributed by atoms with van der Waals surface area (Å²) >= 11 is 1.34. The zero-order valence-electron chi connectivity index (χ0n) is 5.82. The van der Waals surface area contributed by atoms with Crippen LogP contribution in [0.5, 0.6) is 5.19 Å². The van der Waals surface area contributed by atoms with Gasteiger partial charge in [0.1, 0.15) is 0 Å². The van der Waals surface area contributed by atoms with Crippen molar-refractivity contribution < 1.29 is 9.53 Å². The highest BCUT2D eigenvalue weighted by atomic mass is 32.1. The van der Waals surface area contributed by atoms with Crippen molar-refractivity contribution in [3.8, 4) is 5.19 Å². The van der Waals surface area contributed by atoms with Gasteiger partial charge in [0.05, 0.1) is 5.92 Å². The maximum atomic E-state index is 11.0. The van der Waals surface area contributed by atoms with Crippen LogP contribution in [0.3, 0.4) is 0 Å². The predicted molar refractivity (Wildman–Crippen MR) is 40.5 cm³/mol. The molecule has 11 heavy (non-hydrogen) atoms. The summed E-state index contributed by atoms with van der Waals surface area (Å²) in [7, 11) is 0. The summed E-state index contributed by atoms with van der Waals surface area (Å²) in [6.07, 6.45) is 3.58. The summed E-state index contributed by atoms with van der Waals surface area (Å²) in [5, 5.41) is 2.25. The topological polar surface area (TPSA) is 39.2 Å². The van der Waals surface area contributed by atoms with E-state index in [0.29, 0.717) is 5.19 Å². The number of thiazole rings is 1. The molecule has 0 spiro atoms. The van der Waals surface area contributed by atoms with Gasteiger partial charge in [0, 0.05) is 11.6 Å². The fraction of sp³-hybridized carbons (Fsp3) is 0.429. The van der Waals surface area contributed by atoms with Crippen LogP contribution in [0.4, 0.5) is 0 Å². The molecule has 1 fully saturated rings. The van der Waals surface area contributed by atoms with Gasteiger partial charge in [-0.1, -0.05) is 11.3 Å². The molecule has 0 atom stereocenters. The Morgan fingerprint density at radius 3 is 3.09 bits per heavy atom. The molecule has 0 amide bonds. The number of ether oxygens (including phenoxy) is 1. The van der Waals surface area contributed by atoms with Gasteiger partial charge in [-0.2, -0.15) is 0 Å². The second kappa shape index (κ2) is 2.62. The lowest BCUT2D eigenvalue weighted by molar-refractivity contribution is -0.135. The van der Waals surface area contributed by atoms with Crippen LogP contribution in [0.2, 0.25) is 0 Å². The summed E-state index contributed by atoms with van der Waals surface area (Å²) in [6.45, 7) is 0. The van der Waals surface area contributed by atoms with Crippen LogP contribution >= 0.6 is 11.3 Å². The summed E-state index contributed by atoms with van der Waals surface area (Å²) in [6, 6.07) is 0. The van der Waals surface area contributed by atoms with Crippen LogP contribution in [0, 0.1) is 5.92 Å². The fourth-order valence-electron chi connectivity index (χ4n) is 0.749. The minimum atomic E-state index is -0.125. The second-order valence-corrected chi connectivity index (χ2v) is 3.35. The van der Waals surface area contributed by atoms with Crippen LogP contribution < -0.4 is 4.74 Å². The van der Waals surface area contributed by atoms with E-state index in [0.717, 1.165) is 12.8 Å². The molecule has 0 N–H and O–H groups in total. The smallest absolute Gasteiger partial charge is 0.316 e. The Morgan fingerprint density at radius 1 is 1.73 bits per heavy atom. The Hall–Kier alpha value is -0.900. The van der Waals surface area contributed by atoms with E-state index in [-0.39, 0.29) is 11.9 Å². The molecule has 1 saturated carbocycles. The molecule has 4 heteroatoms. The van der Waals surface area contributed by atoms with Crippen molar-refractivity contribution in [2.75, 3.05) is 0 Å². The number of hydrogen-bond acceptors (Lipinski definition) is 4. The van der Waals surface area contributed by atoms with Crippen molar-refractivity contribution in [3.05, 3.63) is 11.6 Å². The van der Waals surface area contributed by atoms with Crippen molar-refractivity contribution in [1.82, 2.24) is 4.98 Å². The third-order valence-corrected chi connectivity index (χ3v) is 2.16. The van der Waals surface area contributed by atoms with E-state index in [1.807, 2.05) is 0 Å².